The Kier molecular flexibility index (Phi) is 10.5. The Balaban J connectivity index is 1.45. The first-order valence-corrected chi connectivity index (χ1v) is 16.9. The summed E-state index contributed by atoms with van der Waals surface area (Å²) in [5.74, 6) is 0.199. The number of halogens is 4. The topological polar surface area (TPSA) is 79.3 Å². The van der Waals surface area contributed by atoms with E-state index in [1.807, 2.05) is 62.1 Å². The second-order valence-corrected chi connectivity index (χ2v) is 14.4. The lowest BCUT2D eigenvalue weighted by atomic mass is 9.84. The van der Waals surface area contributed by atoms with E-state index in [0.717, 1.165) is 34.1 Å². The number of hydrogen-bond acceptors (Lipinski definition) is 5. The molecule has 2 amide bonds. The summed E-state index contributed by atoms with van der Waals surface area (Å²) in [6, 6.07) is 18.5. The number of thiophene rings is 1. The second-order valence-electron chi connectivity index (χ2n) is 13.0. The Labute approximate surface area is 286 Å². The van der Waals surface area contributed by atoms with Gasteiger partial charge in [0.15, 0.2) is 0 Å². The minimum absolute atomic E-state index is 0.143. The van der Waals surface area contributed by atoms with Crippen molar-refractivity contribution in [1.82, 2.24) is 9.80 Å². The van der Waals surface area contributed by atoms with Gasteiger partial charge in [-0.25, -0.2) is 4.79 Å². The minimum atomic E-state index is -4.79. The Hall–Kier alpha value is -3.96. The first-order valence-electron chi connectivity index (χ1n) is 15.7. The molecular weight excluding hydrogens is 665 g/mol. The lowest BCUT2D eigenvalue weighted by Gasteiger charge is -2.40. The van der Waals surface area contributed by atoms with Crippen LogP contribution in [0.3, 0.4) is 0 Å². The van der Waals surface area contributed by atoms with Crippen LogP contribution in [0.4, 0.5) is 18.0 Å². The van der Waals surface area contributed by atoms with E-state index in [0.29, 0.717) is 40.6 Å². The number of rotatable bonds is 9. The van der Waals surface area contributed by atoms with Crippen LogP contribution in [0.25, 0.3) is 21.2 Å². The van der Waals surface area contributed by atoms with Crippen LogP contribution in [0, 0.1) is 5.92 Å². The zero-order valence-electron chi connectivity index (χ0n) is 27.1. The number of nitrogens with zero attached hydrogens (tertiary/aromatic N) is 2. The van der Waals surface area contributed by atoms with Crippen molar-refractivity contribution in [3.63, 3.8) is 0 Å². The smallest absolute Gasteiger partial charge is 0.496 e. The third kappa shape index (κ3) is 8.18. The van der Waals surface area contributed by atoms with Crippen molar-refractivity contribution < 1.29 is 37.3 Å². The molecule has 1 saturated carbocycles. The number of alkyl halides is 3. The predicted molar refractivity (Wildman–Crippen MR) is 182 cm³/mol. The number of ether oxygens (including phenoxy) is 2. The highest BCUT2D eigenvalue weighted by atomic mass is 35.5. The number of hydrogen-bond donors (Lipinski definition) is 1. The average molecular weight is 703 g/mol. The molecule has 0 spiro atoms. The Morgan fingerprint density at radius 3 is 2.19 bits per heavy atom. The number of carbonyl (C=O) groups excluding carboxylic acids is 1. The van der Waals surface area contributed by atoms with Crippen molar-refractivity contribution in [2.75, 3.05) is 13.7 Å². The number of methoxy groups -OCH3 is 1. The van der Waals surface area contributed by atoms with E-state index >= 15 is 0 Å². The van der Waals surface area contributed by atoms with E-state index in [-0.39, 0.29) is 30.2 Å². The third-order valence-electron chi connectivity index (χ3n) is 8.77. The fraction of sp³-hybridized carbons (Fsp3) is 0.389. The van der Waals surface area contributed by atoms with Crippen molar-refractivity contribution in [2.24, 2.45) is 5.92 Å². The molecule has 1 fully saturated rings. The van der Waals surface area contributed by atoms with Gasteiger partial charge < -0.3 is 24.4 Å². The van der Waals surface area contributed by atoms with Gasteiger partial charge in [0.05, 0.1) is 12.1 Å². The fourth-order valence-corrected chi connectivity index (χ4v) is 7.77. The predicted octanol–water partition coefficient (Wildman–Crippen LogP) is 10.1. The normalized spacial score (nSPS) is 16.8. The molecule has 0 bridgehead atoms. The monoisotopic (exact) mass is 702 g/mol. The molecule has 4 aromatic rings. The van der Waals surface area contributed by atoms with Gasteiger partial charge >= 0.3 is 12.5 Å². The van der Waals surface area contributed by atoms with E-state index < -0.39 is 18.0 Å². The van der Waals surface area contributed by atoms with E-state index in [2.05, 4.69) is 4.74 Å². The molecule has 256 valence electrons. The molecule has 7 nitrogen and oxygen atoms in total. The molecule has 0 radical (unpaired) electrons. The van der Waals surface area contributed by atoms with Gasteiger partial charge in [0, 0.05) is 40.3 Å². The summed E-state index contributed by atoms with van der Waals surface area (Å²) in [5, 5.41) is 11.1. The van der Waals surface area contributed by atoms with E-state index in [4.69, 9.17) is 16.3 Å². The maximum absolute atomic E-state index is 14.4. The van der Waals surface area contributed by atoms with Crippen LogP contribution in [0.2, 0.25) is 5.02 Å². The Morgan fingerprint density at radius 2 is 1.60 bits per heavy atom. The molecule has 0 atom stereocenters. The van der Waals surface area contributed by atoms with E-state index in [1.54, 1.807) is 25.3 Å². The molecule has 0 unspecified atom stereocenters. The van der Waals surface area contributed by atoms with Crippen LogP contribution in [-0.4, -0.2) is 58.5 Å². The molecule has 48 heavy (non-hydrogen) atoms. The van der Waals surface area contributed by atoms with Gasteiger partial charge in [-0.1, -0.05) is 48.0 Å². The van der Waals surface area contributed by atoms with Gasteiger partial charge in [-0.15, -0.1) is 24.5 Å². The van der Waals surface area contributed by atoms with Gasteiger partial charge in [-0.05, 0) is 93.8 Å². The summed E-state index contributed by atoms with van der Waals surface area (Å²) in [7, 11) is 1.55. The van der Waals surface area contributed by atoms with Crippen LogP contribution in [0.1, 0.15) is 61.7 Å². The van der Waals surface area contributed by atoms with Gasteiger partial charge in [0.2, 0.25) is 0 Å². The molecule has 12 heteroatoms. The quantitative estimate of drug-likeness (QED) is 0.188. The zero-order valence-corrected chi connectivity index (χ0v) is 28.7. The van der Waals surface area contributed by atoms with Crippen molar-refractivity contribution >= 4 is 45.0 Å². The molecule has 3 aromatic carbocycles. The van der Waals surface area contributed by atoms with Crippen molar-refractivity contribution in [3.8, 4) is 22.6 Å². The van der Waals surface area contributed by atoms with Crippen LogP contribution in [0.5, 0.6) is 11.5 Å². The summed E-state index contributed by atoms with van der Waals surface area (Å²) in [6.45, 7) is 6.27. The van der Waals surface area contributed by atoms with E-state index in [1.165, 1.54) is 28.4 Å². The molecule has 1 aromatic heterocycles. The van der Waals surface area contributed by atoms with Gasteiger partial charge in [0.25, 0.3) is 5.91 Å². The standard InChI is InChI=1S/C36H38ClF3N2O5S/c1-35(2,3)42(34(44)45)20-22-9-14-26(15-10-22)41(33(43)32-31(37)28-7-5-6-8-30(28)48-32)21-25-19-24(13-18-29(25)46-4)23-11-16-27(17-12-23)47-36(38,39)40/h5-8,11-13,16-19,22,26H,9-10,14-15,20-21H2,1-4H3,(H,44,45). The number of fused-ring (bicyclic) bond motifs is 1. The number of benzene rings is 3. The zero-order chi connectivity index (χ0) is 34.8. The highest BCUT2D eigenvalue weighted by Gasteiger charge is 2.35. The summed E-state index contributed by atoms with van der Waals surface area (Å²) in [5.41, 5.74) is 1.59. The first kappa shape index (κ1) is 35.3. The largest absolute Gasteiger partial charge is 0.573 e. The Morgan fingerprint density at radius 1 is 0.958 bits per heavy atom. The summed E-state index contributed by atoms with van der Waals surface area (Å²) in [6.07, 6.45) is -2.88. The molecule has 0 saturated heterocycles. The molecule has 1 N–H and O–H groups in total. The van der Waals surface area contributed by atoms with E-state index in [9.17, 15) is 27.9 Å². The molecule has 5 rings (SSSR count). The first-order chi connectivity index (χ1) is 22.6. The molecule has 1 aliphatic carbocycles. The highest BCUT2D eigenvalue weighted by molar-refractivity contribution is 7.21. The van der Waals surface area contributed by atoms with Crippen LogP contribution < -0.4 is 9.47 Å². The second kappa shape index (κ2) is 14.3. The van der Waals surface area contributed by atoms with Crippen LogP contribution in [0.15, 0.2) is 66.7 Å². The number of carboxylic acid groups (broad SMARTS) is 1. The van der Waals surface area contributed by atoms with Gasteiger partial charge in [-0.2, -0.15) is 0 Å². The summed E-state index contributed by atoms with van der Waals surface area (Å²) >= 11 is 8.15. The average Bonchev–Trinajstić information content (AvgIpc) is 3.37. The van der Waals surface area contributed by atoms with Crippen LogP contribution >= 0.6 is 22.9 Å². The number of amides is 2. The summed E-state index contributed by atoms with van der Waals surface area (Å²) in [4.78, 5) is 30.2. The van der Waals surface area contributed by atoms with Crippen molar-refractivity contribution in [2.45, 2.75) is 70.9 Å². The maximum atomic E-state index is 14.4. The molecule has 1 aliphatic rings. The van der Waals surface area contributed by atoms with Crippen molar-refractivity contribution in [1.29, 1.82) is 0 Å². The number of carbonyl (C=O) groups is 2. The third-order valence-corrected chi connectivity index (χ3v) is 10.4. The van der Waals surface area contributed by atoms with Gasteiger partial charge in [-0.3, -0.25) is 4.79 Å². The lowest BCUT2D eigenvalue weighted by molar-refractivity contribution is -0.274. The maximum Gasteiger partial charge on any atom is 0.573 e. The fourth-order valence-electron chi connectivity index (χ4n) is 6.30. The lowest BCUT2D eigenvalue weighted by Crippen LogP contribution is -2.48. The summed E-state index contributed by atoms with van der Waals surface area (Å²) < 4.78 is 48.7. The minimum Gasteiger partial charge on any atom is -0.496 e. The van der Waals surface area contributed by atoms with Crippen molar-refractivity contribution in [3.05, 3.63) is 82.2 Å². The van der Waals surface area contributed by atoms with Crippen LogP contribution in [-0.2, 0) is 6.54 Å². The molecular formula is C36H38ClF3N2O5S. The molecule has 1 heterocycles. The molecule has 0 aliphatic heterocycles. The SMILES string of the molecule is COc1ccc(-c2ccc(OC(F)(F)F)cc2)cc1CN(C(=O)c1sc2ccccc2c1Cl)C1CCC(CN(C(=O)O)C(C)(C)C)CC1. The Bertz CT molecular complexity index is 1760. The van der Waals surface area contributed by atoms with Gasteiger partial charge in [0.1, 0.15) is 16.4 Å². The highest BCUT2D eigenvalue weighted by Crippen LogP contribution is 2.39.